The fourth-order valence-electron chi connectivity index (χ4n) is 3.98. The van der Waals surface area contributed by atoms with Crippen LogP contribution in [0.15, 0.2) is 4.52 Å². The zero-order chi connectivity index (χ0) is 13.9. The fourth-order valence-corrected chi connectivity index (χ4v) is 3.98. The van der Waals surface area contributed by atoms with Crippen LogP contribution in [0.5, 0.6) is 0 Å². The van der Waals surface area contributed by atoms with Crippen LogP contribution in [0.4, 0.5) is 0 Å². The minimum atomic E-state index is 0.212. The van der Waals surface area contributed by atoms with Gasteiger partial charge in [0.25, 0.3) is 0 Å². The lowest BCUT2D eigenvalue weighted by Crippen LogP contribution is -2.23. The Kier molecular flexibility index (Phi) is 4.39. The maximum Gasteiger partial charge on any atom is 0.231 e. The summed E-state index contributed by atoms with van der Waals surface area (Å²) in [5, 5.41) is 4.25. The summed E-state index contributed by atoms with van der Waals surface area (Å²) >= 11 is 0. The van der Waals surface area contributed by atoms with Crippen LogP contribution in [0.1, 0.15) is 88.3 Å². The van der Waals surface area contributed by atoms with Crippen molar-refractivity contribution in [1.82, 2.24) is 10.1 Å². The predicted octanol–water partition coefficient (Wildman–Crippen LogP) is 3.74. The Hall–Kier alpha value is -0.900. The predicted molar refractivity (Wildman–Crippen MR) is 78.5 cm³/mol. The quantitative estimate of drug-likeness (QED) is 0.910. The summed E-state index contributed by atoms with van der Waals surface area (Å²) in [4.78, 5) is 4.68. The zero-order valence-corrected chi connectivity index (χ0v) is 12.6. The van der Waals surface area contributed by atoms with E-state index in [-0.39, 0.29) is 6.04 Å². The molecule has 2 fully saturated rings. The van der Waals surface area contributed by atoms with Crippen LogP contribution >= 0.6 is 0 Å². The molecule has 0 aliphatic heterocycles. The number of nitrogens with zero attached hydrogens (tertiary/aromatic N) is 2. The summed E-state index contributed by atoms with van der Waals surface area (Å²) in [5.74, 6) is 3.46. The summed E-state index contributed by atoms with van der Waals surface area (Å²) in [7, 11) is 0. The number of hydrogen-bond donors (Lipinski definition) is 1. The Balaban J connectivity index is 1.60. The molecule has 0 saturated heterocycles. The van der Waals surface area contributed by atoms with Gasteiger partial charge in [-0.15, -0.1) is 0 Å². The summed E-state index contributed by atoms with van der Waals surface area (Å²) in [6, 6.07) is 0.212. The van der Waals surface area contributed by atoms with Crippen molar-refractivity contribution in [1.29, 1.82) is 0 Å². The lowest BCUT2D eigenvalue weighted by molar-refractivity contribution is 0.293. The normalized spacial score (nSPS) is 34.5. The van der Waals surface area contributed by atoms with Crippen molar-refractivity contribution in [3.8, 4) is 0 Å². The third-order valence-electron chi connectivity index (χ3n) is 5.25. The minimum Gasteiger partial charge on any atom is -0.339 e. The molecule has 0 amide bonds. The van der Waals surface area contributed by atoms with Gasteiger partial charge in [0.2, 0.25) is 5.89 Å². The van der Waals surface area contributed by atoms with Crippen LogP contribution in [0, 0.1) is 5.92 Å². The lowest BCUT2D eigenvalue weighted by Gasteiger charge is -2.26. The Bertz CT molecular complexity index is 423. The second-order valence-electron chi connectivity index (χ2n) is 6.70. The molecule has 4 heteroatoms. The van der Waals surface area contributed by atoms with Crippen molar-refractivity contribution in [2.75, 3.05) is 0 Å². The van der Waals surface area contributed by atoms with E-state index in [2.05, 4.69) is 17.1 Å². The minimum absolute atomic E-state index is 0.212. The van der Waals surface area contributed by atoms with Gasteiger partial charge in [-0.2, -0.15) is 4.98 Å². The first kappa shape index (κ1) is 14.1. The van der Waals surface area contributed by atoms with Gasteiger partial charge in [0.05, 0.1) is 5.92 Å². The molecule has 1 aromatic rings. The Morgan fingerprint density at radius 2 is 1.95 bits per heavy atom. The topological polar surface area (TPSA) is 64.9 Å². The fraction of sp³-hybridized carbons (Fsp3) is 0.875. The molecule has 1 aromatic heterocycles. The summed E-state index contributed by atoms with van der Waals surface area (Å²) in [5.41, 5.74) is 6.12. The van der Waals surface area contributed by atoms with Crippen molar-refractivity contribution in [2.24, 2.45) is 11.7 Å². The summed E-state index contributed by atoms with van der Waals surface area (Å²) in [6.45, 7) is 2.28. The highest BCUT2D eigenvalue weighted by molar-refractivity contribution is 5.05. The van der Waals surface area contributed by atoms with E-state index in [1.807, 2.05) is 0 Å². The first-order valence-corrected chi connectivity index (χ1v) is 8.37. The zero-order valence-electron chi connectivity index (χ0n) is 12.6. The van der Waals surface area contributed by atoms with E-state index in [0.29, 0.717) is 11.8 Å². The van der Waals surface area contributed by atoms with E-state index in [4.69, 9.17) is 10.3 Å². The van der Waals surface area contributed by atoms with E-state index in [1.165, 1.54) is 44.9 Å². The van der Waals surface area contributed by atoms with E-state index in [1.54, 1.807) is 0 Å². The van der Waals surface area contributed by atoms with E-state index in [9.17, 15) is 0 Å². The molecule has 0 aromatic carbocycles. The molecule has 2 N–H and O–H groups in total. The molecule has 20 heavy (non-hydrogen) atoms. The van der Waals surface area contributed by atoms with Crippen LogP contribution in [0.2, 0.25) is 0 Å². The average Bonchev–Trinajstić information content (AvgIpc) is 3.08. The van der Waals surface area contributed by atoms with Crippen molar-refractivity contribution in [3.63, 3.8) is 0 Å². The van der Waals surface area contributed by atoms with Crippen LogP contribution in [0.3, 0.4) is 0 Å². The highest BCUT2D eigenvalue weighted by Crippen LogP contribution is 2.38. The van der Waals surface area contributed by atoms with Crippen LogP contribution in [-0.2, 0) is 0 Å². The molecule has 1 heterocycles. The van der Waals surface area contributed by atoms with Crippen molar-refractivity contribution in [3.05, 3.63) is 11.7 Å². The van der Waals surface area contributed by atoms with Crippen LogP contribution in [-0.4, -0.2) is 16.2 Å². The van der Waals surface area contributed by atoms with Gasteiger partial charge in [-0.3, -0.25) is 0 Å². The molecular weight excluding hydrogens is 250 g/mol. The molecule has 0 spiro atoms. The van der Waals surface area contributed by atoms with Gasteiger partial charge in [0, 0.05) is 12.0 Å². The standard InChI is InChI=1S/C16H27N3O/c1-2-4-11-7-9-12(10-8-11)15-18-16(20-19-15)13-5-3-6-14(13)17/h11-14H,2-10,17H2,1H3. The summed E-state index contributed by atoms with van der Waals surface area (Å²) in [6.07, 6.45) is 11.2. The first-order valence-electron chi connectivity index (χ1n) is 8.37. The maximum atomic E-state index is 6.12. The second-order valence-corrected chi connectivity index (χ2v) is 6.70. The third-order valence-corrected chi connectivity index (χ3v) is 5.25. The largest absolute Gasteiger partial charge is 0.339 e. The molecule has 2 saturated carbocycles. The average molecular weight is 277 g/mol. The van der Waals surface area contributed by atoms with Gasteiger partial charge < -0.3 is 10.3 Å². The molecule has 3 rings (SSSR count). The van der Waals surface area contributed by atoms with Crippen molar-refractivity contribution in [2.45, 2.75) is 82.6 Å². The highest BCUT2D eigenvalue weighted by Gasteiger charge is 2.32. The number of nitrogens with two attached hydrogens (primary N) is 1. The van der Waals surface area contributed by atoms with Crippen LogP contribution < -0.4 is 5.73 Å². The van der Waals surface area contributed by atoms with Gasteiger partial charge in [0.1, 0.15) is 0 Å². The molecule has 4 nitrogen and oxygen atoms in total. The highest BCUT2D eigenvalue weighted by atomic mass is 16.5. The van der Waals surface area contributed by atoms with Gasteiger partial charge in [-0.25, -0.2) is 0 Å². The first-order chi connectivity index (χ1) is 9.78. The SMILES string of the molecule is CCCC1CCC(c2noc(C3CCCC3N)n2)CC1. The molecule has 2 aliphatic carbocycles. The number of hydrogen-bond acceptors (Lipinski definition) is 4. The van der Waals surface area contributed by atoms with Crippen molar-refractivity contribution >= 4 is 0 Å². The molecule has 2 aliphatic rings. The van der Waals surface area contributed by atoms with Gasteiger partial charge in [-0.05, 0) is 44.4 Å². The molecule has 2 atom stereocenters. The number of aromatic nitrogens is 2. The molecule has 0 bridgehead atoms. The van der Waals surface area contributed by atoms with Gasteiger partial charge in [-0.1, -0.05) is 31.3 Å². The Morgan fingerprint density at radius 3 is 2.60 bits per heavy atom. The molecule has 2 unspecified atom stereocenters. The van der Waals surface area contributed by atoms with Crippen LogP contribution in [0.25, 0.3) is 0 Å². The number of rotatable bonds is 4. The second kappa shape index (κ2) is 6.25. The van der Waals surface area contributed by atoms with E-state index in [0.717, 1.165) is 30.5 Å². The van der Waals surface area contributed by atoms with E-state index < -0.39 is 0 Å². The smallest absolute Gasteiger partial charge is 0.231 e. The van der Waals surface area contributed by atoms with E-state index >= 15 is 0 Å². The monoisotopic (exact) mass is 277 g/mol. The summed E-state index contributed by atoms with van der Waals surface area (Å²) < 4.78 is 5.51. The Morgan fingerprint density at radius 1 is 1.15 bits per heavy atom. The molecule has 112 valence electrons. The van der Waals surface area contributed by atoms with Gasteiger partial charge in [0.15, 0.2) is 5.82 Å². The van der Waals surface area contributed by atoms with Crippen molar-refractivity contribution < 1.29 is 4.52 Å². The third kappa shape index (κ3) is 2.90. The maximum absolute atomic E-state index is 6.12. The Labute approximate surface area is 121 Å². The molecule has 0 radical (unpaired) electrons. The molecular formula is C16H27N3O. The van der Waals surface area contributed by atoms with Gasteiger partial charge >= 0.3 is 0 Å². The lowest BCUT2D eigenvalue weighted by atomic mass is 9.80.